The highest BCUT2D eigenvalue weighted by Crippen LogP contribution is 2.40. The molecule has 3 aromatic rings. The van der Waals surface area contributed by atoms with Crippen LogP contribution in [0.2, 0.25) is 0 Å². The minimum Gasteiger partial charge on any atom is -0.338 e. The monoisotopic (exact) mass is 244 g/mol. The van der Waals surface area contributed by atoms with E-state index >= 15 is 0 Å². The predicted octanol–water partition coefficient (Wildman–Crippen LogP) is 4.00. The van der Waals surface area contributed by atoms with E-state index < -0.39 is 0 Å². The lowest BCUT2D eigenvalue weighted by atomic mass is 9.99. The number of hydrogen-bond donors (Lipinski definition) is 1. The molecular formula is C14H16N2S. The zero-order chi connectivity index (χ0) is 12.2. The largest absolute Gasteiger partial charge is 0.338 e. The molecule has 3 heteroatoms. The summed E-state index contributed by atoms with van der Waals surface area (Å²) in [7, 11) is 0. The van der Waals surface area contributed by atoms with Crippen LogP contribution in [0.3, 0.4) is 0 Å². The van der Waals surface area contributed by atoms with E-state index in [1.165, 1.54) is 31.6 Å². The first-order valence-corrected chi connectivity index (χ1v) is 6.70. The molecule has 88 valence electrons. The van der Waals surface area contributed by atoms with Crippen molar-refractivity contribution < 1.29 is 0 Å². The third-order valence-corrected chi connectivity index (χ3v) is 4.56. The molecule has 2 aromatic heterocycles. The van der Waals surface area contributed by atoms with Gasteiger partial charge in [0.25, 0.3) is 0 Å². The Kier molecular flexibility index (Phi) is 2.20. The standard InChI is InChI=1S/C14H16N2S/c1-8(2)12-9(3)16(15)14-13(12)10-6-4-5-7-11(10)17-14/h4-8H,15H2,1-3H3. The molecule has 2 heterocycles. The van der Waals surface area contributed by atoms with E-state index in [2.05, 4.69) is 45.0 Å². The van der Waals surface area contributed by atoms with Gasteiger partial charge in [-0.1, -0.05) is 32.0 Å². The lowest BCUT2D eigenvalue weighted by Gasteiger charge is -2.06. The minimum atomic E-state index is 0.500. The normalized spacial score (nSPS) is 12.0. The fourth-order valence-corrected chi connectivity index (χ4v) is 3.82. The van der Waals surface area contributed by atoms with Gasteiger partial charge < -0.3 is 5.84 Å². The fourth-order valence-electron chi connectivity index (χ4n) is 2.63. The van der Waals surface area contributed by atoms with Crippen LogP contribution in [0.15, 0.2) is 24.3 Å². The van der Waals surface area contributed by atoms with Gasteiger partial charge in [-0.05, 0) is 24.5 Å². The Hall–Kier alpha value is -1.48. The van der Waals surface area contributed by atoms with Crippen LogP contribution in [-0.4, -0.2) is 4.68 Å². The van der Waals surface area contributed by atoms with Crippen molar-refractivity contribution in [3.8, 4) is 0 Å². The molecule has 0 atom stereocenters. The van der Waals surface area contributed by atoms with Crippen LogP contribution in [0, 0.1) is 6.92 Å². The predicted molar refractivity (Wildman–Crippen MR) is 76.3 cm³/mol. The number of benzene rings is 1. The highest BCUT2D eigenvalue weighted by atomic mass is 32.1. The minimum absolute atomic E-state index is 0.500. The third kappa shape index (κ3) is 1.32. The topological polar surface area (TPSA) is 30.9 Å². The van der Waals surface area contributed by atoms with E-state index in [0.717, 1.165) is 0 Å². The molecule has 3 rings (SSSR count). The summed E-state index contributed by atoms with van der Waals surface area (Å²) in [4.78, 5) is 1.19. The molecule has 2 N–H and O–H groups in total. The molecule has 0 aliphatic heterocycles. The van der Waals surface area contributed by atoms with Crippen LogP contribution in [-0.2, 0) is 0 Å². The van der Waals surface area contributed by atoms with E-state index in [-0.39, 0.29) is 0 Å². The van der Waals surface area contributed by atoms with Crippen LogP contribution in [0.1, 0.15) is 31.0 Å². The highest BCUT2D eigenvalue weighted by Gasteiger charge is 2.19. The van der Waals surface area contributed by atoms with Gasteiger partial charge in [0.05, 0.1) is 0 Å². The van der Waals surface area contributed by atoms with Crippen molar-refractivity contribution in [2.45, 2.75) is 26.7 Å². The molecule has 1 aromatic carbocycles. The van der Waals surface area contributed by atoms with Crippen molar-refractivity contribution in [1.29, 1.82) is 0 Å². The maximum absolute atomic E-state index is 6.17. The van der Waals surface area contributed by atoms with Crippen LogP contribution in [0.5, 0.6) is 0 Å². The molecule has 0 aliphatic carbocycles. The first-order chi connectivity index (χ1) is 8.11. The Balaban J connectivity index is 2.57. The van der Waals surface area contributed by atoms with E-state index in [4.69, 9.17) is 5.84 Å². The number of nitrogen functional groups attached to an aromatic ring is 1. The number of fused-ring (bicyclic) bond motifs is 3. The average Bonchev–Trinajstić information content (AvgIpc) is 2.77. The average molecular weight is 244 g/mol. The van der Waals surface area contributed by atoms with Crippen LogP contribution in [0.4, 0.5) is 0 Å². The molecule has 0 saturated carbocycles. The van der Waals surface area contributed by atoms with Crippen molar-refractivity contribution in [2.75, 3.05) is 5.84 Å². The summed E-state index contributed by atoms with van der Waals surface area (Å²) in [5, 5.41) is 2.68. The molecular weight excluding hydrogens is 228 g/mol. The molecule has 17 heavy (non-hydrogen) atoms. The van der Waals surface area contributed by atoms with Gasteiger partial charge in [0.1, 0.15) is 4.83 Å². The summed E-state index contributed by atoms with van der Waals surface area (Å²) in [5.74, 6) is 6.67. The third-order valence-electron chi connectivity index (χ3n) is 3.39. The molecule has 0 aliphatic rings. The summed E-state index contributed by atoms with van der Waals surface area (Å²) < 4.78 is 3.16. The van der Waals surface area contributed by atoms with E-state index in [1.807, 2.05) is 4.68 Å². The SMILES string of the molecule is Cc1c(C(C)C)c2c3ccccc3sc2n1N. The van der Waals surface area contributed by atoms with Crippen LogP contribution >= 0.6 is 11.3 Å². The Morgan fingerprint density at radius 3 is 2.65 bits per heavy atom. The van der Waals surface area contributed by atoms with Crippen molar-refractivity contribution in [3.63, 3.8) is 0 Å². The smallest absolute Gasteiger partial charge is 0.123 e. The lowest BCUT2D eigenvalue weighted by molar-refractivity contribution is 0.846. The Morgan fingerprint density at radius 2 is 1.94 bits per heavy atom. The molecule has 2 nitrogen and oxygen atoms in total. The second-order valence-corrected chi connectivity index (χ2v) is 5.83. The molecule has 0 amide bonds. The van der Waals surface area contributed by atoms with E-state index in [9.17, 15) is 0 Å². The maximum atomic E-state index is 6.17. The zero-order valence-electron chi connectivity index (χ0n) is 10.3. The van der Waals surface area contributed by atoms with Crippen molar-refractivity contribution in [1.82, 2.24) is 4.68 Å². The molecule has 0 bridgehead atoms. The second kappa shape index (κ2) is 3.50. The van der Waals surface area contributed by atoms with Gasteiger partial charge in [-0.2, -0.15) is 0 Å². The number of thiophene rings is 1. The molecule has 0 fully saturated rings. The van der Waals surface area contributed by atoms with Crippen LogP contribution < -0.4 is 5.84 Å². The Bertz CT molecular complexity index is 704. The van der Waals surface area contributed by atoms with Gasteiger partial charge in [0.2, 0.25) is 0 Å². The quantitative estimate of drug-likeness (QED) is 0.644. The van der Waals surface area contributed by atoms with Gasteiger partial charge in [-0.3, -0.25) is 4.68 Å². The number of rotatable bonds is 1. The van der Waals surface area contributed by atoms with Crippen LogP contribution in [0.25, 0.3) is 20.3 Å². The van der Waals surface area contributed by atoms with Gasteiger partial charge in [0.15, 0.2) is 0 Å². The molecule has 0 unspecified atom stereocenters. The number of aromatic nitrogens is 1. The Labute approximate surface area is 105 Å². The van der Waals surface area contributed by atoms with Crippen molar-refractivity contribution >= 4 is 31.6 Å². The summed E-state index contributed by atoms with van der Waals surface area (Å²) >= 11 is 1.78. The first-order valence-electron chi connectivity index (χ1n) is 5.88. The second-order valence-electron chi connectivity index (χ2n) is 4.80. The molecule has 0 saturated heterocycles. The molecule has 0 radical (unpaired) electrons. The zero-order valence-corrected chi connectivity index (χ0v) is 11.1. The summed E-state index contributed by atoms with van der Waals surface area (Å²) in [6.45, 7) is 6.57. The van der Waals surface area contributed by atoms with Gasteiger partial charge in [-0.25, -0.2) is 0 Å². The lowest BCUT2D eigenvalue weighted by Crippen LogP contribution is -2.09. The summed E-state index contributed by atoms with van der Waals surface area (Å²) in [5.41, 5.74) is 2.58. The van der Waals surface area contributed by atoms with Gasteiger partial charge in [0, 0.05) is 21.2 Å². The Morgan fingerprint density at radius 1 is 1.24 bits per heavy atom. The number of nitrogens with two attached hydrogens (primary N) is 1. The maximum Gasteiger partial charge on any atom is 0.123 e. The van der Waals surface area contributed by atoms with E-state index in [1.54, 1.807) is 11.3 Å². The summed E-state index contributed by atoms with van der Waals surface area (Å²) in [6, 6.07) is 8.54. The van der Waals surface area contributed by atoms with E-state index in [0.29, 0.717) is 5.92 Å². The van der Waals surface area contributed by atoms with Gasteiger partial charge >= 0.3 is 0 Å². The number of nitrogens with zero attached hydrogens (tertiary/aromatic N) is 1. The van der Waals surface area contributed by atoms with Crippen molar-refractivity contribution in [3.05, 3.63) is 35.5 Å². The number of hydrogen-bond acceptors (Lipinski definition) is 2. The fraction of sp³-hybridized carbons (Fsp3) is 0.286. The highest BCUT2D eigenvalue weighted by molar-refractivity contribution is 7.25. The summed E-state index contributed by atoms with van der Waals surface area (Å²) in [6.07, 6.45) is 0. The van der Waals surface area contributed by atoms with Gasteiger partial charge in [-0.15, -0.1) is 11.3 Å². The first kappa shape index (κ1) is 10.7. The molecule has 0 spiro atoms. The van der Waals surface area contributed by atoms with Crippen molar-refractivity contribution in [2.24, 2.45) is 0 Å².